The van der Waals surface area contributed by atoms with Crippen LogP contribution < -0.4 is 0 Å². The average Bonchev–Trinajstić information content (AvgIpc) is 2.96. The Morgan fingerprint density at radius 2 is 2.23 bits per heavy atom. The summed E-state index contributed by atoms with van der Waals surface area (Å²) in [7, 11) is 1.40. The minimum Gasteiger partial charge on any atom is -0.468 e. The summed E-state index contributed by atoms with van der Waals surface area (Å²) in [4.78, 5) is 28.4. The molecule has 22 heavy (non-hydrogen) atoms. The van der Waals surface area contributed by atoms with Gasteiger partial charge in [-0.25, -0.2) is 0 Å². The van der Waals surface area contributed by atoms with Gasteiger partial charge in [0.05, 0.1) is 12.0 Å². The number of hydrogen-bond donors (Lipinski definition) is 0. The molecule has 2 heterocycles. The van der Waals surface area contributed by atoms with Crippen LogP contribution in [0.2, 0.25) is 0 Å². The van der Waals surface area contributed by atoms with E-state index in [1.165, 1.54) is 24.0 Å². The molecule has 3 rings (SSSR count). The van der Waals surface area contributed by atoms with Crippen LogP contribution in [0.25, 0.3) is 0 Å². The van der Waals surface area contributed by atoms with Crippen molar-refractivity contribution in [2.24, 2.45) is 5.92 Å². The van der Waals surface area contributed by atoms with Crippen molar-refractivity contribution in [2.75, 3.05) is 26.0 Å². The predicted octanol–water partition coefficient (Wildman–Crippen LogP) is 2.60. The molecule has 1 aromatic heterocycles. The molecule has 1 aromatic rings. The largest absolute Gasteiger partial charge is 0.468 e. The minimum atomic E-state index is -0.252. The zero-order valence-corrected chi connectivity index (χ0v) is 14.6. The molecule has 1 fully saturated rings. The van der Waals surface area contributed by atoms with E-state index in [0.717, 1.165) is 23.5 Å². The van der Waals surface area contributed by atoms with Crippen LogP contribution in [0.5, 0.6) is 0 Å². The van der Waals surface area contributed by atoms with Crippen molar-refractivity contribution >= 4 is 35.0 Å². The maximum Gasteiger partial charge on any atom is 0.320 e. The van der Waals surface area contributed by atoms with Crippen molar-refractivity contribution in [3.8, 4) is 0 Å². The first-order valence-electron chi connectivity index (χ1n) is 7.68. The number of amides is 1. The van der Waals surface area contributed by atoms with Gasteiger partial charge in [0.25, 0.3) is 5.91 Å². The van der Waals surface area contributed by atoms with E-state index in [1.54, 1.807) is 28.0 Å². The van der Waals surface area contributed by atoms with Gasteiger partial charge >= 0.3 is 5.97 Å². The number of thiophene rings is 1. The average molecular weight is 339 g/mol. The van der Waals surface area contributed by atoms with E-state index < -0.39 is 0 Å². The molecule has 2 atom stereocenters. The molecule has 6 heteroatoms. The molecule has 0 radical (unpaired) electrons. The minimum absolute atomic E-state index is 0.0706. The molecule has 2 aliphatic rings. The first-order chi connectivity index (χ1) is 10.6. The van der Waals surface area contributed by atoms with Crippen molar-refractivity contribution in [2.45, 2.75) is 31.4 Å². The summed E-state index contributed by atoms with van der Waals surface area (Å²) >= 11 is 3.22. The Morgan fingerprint density at radius 3 is 3.00 bits per heavy atom. The highest BCUT2D eigenvalue weighted by Crippen LogP contribution is 2.33. The SMILES string of the molecule is COC(=O)[C@@H]1CN(C(=O)c2cc3c(s2)CC[C@H](C)C3)CCS1. The first-order valence-corrected chi connectivity index (χ1v) is 9.55. The van der Waals surface area contributed by atoms with Crippen molar-refractivity contribution in [1.29, 1.82) is 0 Å². The molecular weight excluding hydrogens is 318 g/mol. The molecule has 0 spiro atoms. The Hall–Kier alpha value is -1.01. The van der Waals surface area contributed by atoms with Gasteiger partial charge in [0.2, 0.25) is 0 Å². The molecule has 120 valence electrons. The maximum atomic E-state index is 12.7. The van der Waals surface area contributed by atoms with E-state index in [0.29, 0.717) is 19.0 Å². The lowest BCUT2D eigenvalue weighted by Gasteiger charge is -2.30. The number of carbonyl (C=O) groups excluding carboxylic acids is 2. The highest BCUT2D eigenvalue weighted by Gasteiger charge is 2.31. The molecule has 1 aliphatic carbocycles. The second-order valence-electron chi connectivity index (χ2n) is 6.04. The normalized spacial score (nSPS) is 24.7. The van der Waals surface area contributed by atoms with E-state index in [1.807, 2.05) is 0 Å². The van der Waals surface area contributed by atoms with Crippen LogP contribution in [0.4, 0.5) is 0 Å². The first kappa shape index (κ1) is 15.9. The number of thioether (sulfide) groups is 1. The van der Waals surface area contributed by atoms with Crippen LogP contribution in [0.15, 0.2) is 6.07 Å². The van der Waals surface area contributed by atoms with Gasteiger partial charge in [-0.2, -0.15) is 0 Å². The van der Waals surface area contributed by atoms with Crippen molar-refractivity contribution < 1.29 is 14.3 Å². The van der Waals surface area contributed by atoms with E-state index in [9.17, 15) is 9.59 Å². The zero-order valence-electron chi connectivity index (χ0n) is 13.0. The number of aryl methyl sites for hydroxylation is 1. The van der Waals surface area contributed by atoms with Crippen molar-refractivity contribution in [1.82, 2.24) is 4.90 Å². The smallest absolute Gasteiger partial charge is 0.320 e. The van der Waals surface area contributed by atoms with Gasteiger partial charge in [-0.3, -0.25) is 9.59 Å². The summed E-state index contributed by atoms with van der Waals surface area (Å²) in [6.45, 7) is 3.43. The Labute approximate surface area is 139 Å². The van der Waals surface area contributed by atoms with Crippen molar-refractivity contribution in [3.63, 3.8) is 0 Å². The standard InChI is InChI=1S/C16H21NO3S2/c1-10-3-4-12-11(7-10)8-13(22-12)15(18)17-5-6-21-14(9-17)16(19)20-2/h8,10,14H,3-7,9H2,1-2H3/t10-,14-/m0/s1. The lowest BCUT2D eigenvalue weighted by Crippen LogP contribution is -2.44. The summed E-state index contributed by atoms with van der Waals surface area (Å²) in [6, 6.07) is 2.08. The predicted molar refractivity (Wildman–Crippen MR) is 89.7 cm³/mol. The van der Waals surface area contributed by atoms with Crippen LogP contribution in [-0.2, 0) is 22.4 Å². The Bertz CT molecular complexity index is 584. The molecule has 1 aliphatic heterocycles. The van der Waals surface area contributed by atoms with Gasteiger partial charge in [-0.15, -0.1) is 23.1 Å². The van der Waals surface area contributed by atoms with Gasteiger partial charge in [0.15, 0.2) is 0 Å². The number of rotatable bonds is 2. The van der Waals surface area contributed by atoms with Gasteiger partial charge < -0.3 is 9.64 Å². The fourth-order valence-corrected chi connectivity index (χ4v) is 5.38. The van der Waals surface area contributed by atoms with E-state index >= 15 is 0 Å². The second kappa shape index (κ2) is 6.62. The number of fused-ring (bicyclic) bond motifs is 1. The van der Waals surface area contributed by atoms with Crippen LogP contribution >= 0.6 is 23.1 Å². The maximum absolute atomic E-state index is 12.7. The van der Waals surface area contributed by atoms with Gasteiger partial charge in [-0.1, -0.05) is 6.92 Å². The summed E-state index contributed by atoms with van der Waals surface area (Å²) in [5.41, 5.74) is 1.35. The molecule has 0 N–H and O–H groups in total. The third-order valence-electron chi connectivity index (χ3n) is 4.36. The number of carbonyl (C=O) groups is 2. The Kier molecular flexibility index (Phi) is 4.78. The number of esters is 1. The summed E-state index contributed by atoms with van der Waals surface area (Å²) in [5, 5.41) is -0.252. The fraction of sp³-hybridized carbons (Fsp3) is 0.625. The fourth-order valence-electron chi connectivity index (χ4n) is 3.07. The van der Waals surface area contributed by atoms with Gasteiger partial charge in [0, 0.05) is 23.7 Å². The summed E-state index contributed by atoms with van der Waals surface area (Å²) in [5.74, 6) is 1.33. The lowest BCUT2D eigenvalue weighted by atomic mass is 9.90. The second-order valence-corrected chi connectivity index (χ2v) is 8.49. The highest BCUT2D eigenvalue weighted by atomic mass is 32.2. The van der Waals surface area contributed by atoms with Gasteiger partial charge in [0.1, 0.15) is 5.25 Å². The molecule has 1 amide bonds. The van der Waals surface area contributed by atoms with Crippen LogP contribution in [-0.4, -0.2) is 48.0 Å². The van der Waals surface area contributed by atoms with E-state index in [2.05, 4.69) is 13.0 Å². The number of methoxy groups -OCH3 is 1. The van der Waals surface area contributed by atoms with Crippen LogP contribution in [0.1, 0.15) is 33.5 Å². The van der Waals surface area contributed by atoms with E-state index in [4.69, 9.17) is 4.74 Å². The van der Waals surface area contributed by atoms with Crippen LogP contribution in [0.3, 0.4) is 0 Å². The third-order valence-corrected chi connectivity index (χ3v) is 6.74. The number of ether oxygens (including phenoxy) is 1. The molecule has 4 nitrogen and oxygen atoms in total. The molecule has 0 unspecified atom stereocenters. The lowest BCUT2D eigenvalue weighted by molar-refractivity contribution is -0.140. The quantitative estimate of drug-likeness (QED) is 0.777. The Balaban J connectivity index is 1.72. The number of nitrogens with zero attached hydrogens (tertiary/aromatic N) is 1. The summed E-state index contributed by atoms with van der Waals surface area (Å²) in [6.07, 6.45) is 3.39. The molecule has 1 saturated heterocycles. The van der Waals surface area contributed by atoms with Gasteiger partial charge in [-0.05, 0) is 36.8 Å². The molecular formula is C16H21NO3S2. The molecule has 0 aromatic carbocycles. The highest BCUT2D eigenvalue weighted by molar-refractivity contribution is 8.00. The zero-order chi connectivity index (χ0) is 15.7. The van der Waals surface area contributed by atoms with E-state index in [-0.39, 0.29) is 17.1 Å². The van der Waals surface area contributed by atoms with Crippen LogP contribution in [0, 0.1) is 5.92 Å². The topological polar surface area (TPSA) is 46.6 Å². The molecule has 0 saturated carbocycles. The summed E-state index contributed by atoms with van der Waals surface area (Å²) < 4.78 is 4.81. The number of hydrogen-bond acceptors (Lipinski definition) is 5. The third kappa shape index (κ3) is 3.18. The monoisotopic (exact) mass is 339 g/mol. The molecule has 0 bridgehead atoms. The Morgan fingerprint density at radius 1 is 1.41 bits per heavy atom. The van der Waals surface area contributed by atoms with Crippen molar-refractivity contribution in [3.05, 3.63) is 21.4 Å².